The van der Waals surface area contributed by atoms with E-state index in [-0.39, 0.29) is 0 Å². The van der Waals surface area contributed by atoms with Crippen molar-refractivity contribution in [2.24, 2.45) is 0 Å². The van der Waals surface area contributed by atoms with Crippen LogP contribution in [-0.4, -0.2) is 27.9 Å². The van der Waals surface area contributed by atoms with Gasteiger partial charge in [-0.3, -0.25) is 0 Å². The SMILES string of the molecule is C=C(Br)CN1CCCn2ncnc21. The number of hydrogen-bond donors (Lipinski definition) is 0. The molecule has 0 N–H and O–H groups in total. The molecule has 0 spiro atoms. The number of aryl methyl sites for hydroxylation is 1. The maximum Gasteiger partial charge on any atom is 0.224 e. The summed E-state index contributed by atoms with van der Waals surface area (Å²) in [5, 5.41) is 4.13. The van der Waals surface area contributed by atoms with Crippen molar-refractivity contribution in [3.05, 3.63) is 17.4 Å². The summed E-state index contributed by atoms with van der Waals surface area (Å²) < 4.78 is 2.91. The van der Waals surface area contributed by atoms with Crippen molar-refractivity contribution in [1.82, 2.24) is 14.8 Å². The Morgan fingerprint density at radius 2 is 2.46 bits per heavy atom. The topological polar surface area (TPSA) is 34.0 Å². The molecule has 0 unspecified atom stereocenters. The molecule has 0 saturated heterocycles. The second kappa shape index (κ2) is 3.49. The van der Waals surface area contributed by atoms with E-state index < -0.39 is 0 Å². The van der Waals surface area contributed by atoms with Crippen molar-refractivity contribution in [1.29, 1.82) is 0 Å². The van der Waals surface area contributed by atoms with Crippen molar-refractivity contribution >= 4 is 21.9 Å². The smallest absolute Gasteiger partial charge is 0.224 e. The average molecular weight is 243 g/mol. The fraction of sp³-hybridized carbons (Fsp3) is 0.500. The van der Waals surface area contributed by atoms with Gasteiger partial charge in [0.2, 0.25) is 5.95 Å². The molecule has 0 amide bonds. The zero-order chi connectivity index (χ0) is 9.26. The van der Waals surface area contributed by atoms with Crippen LogP contribution in [0.3, 0.4) is 0 Å². The summed E-state index contributed by atoms with van der Waals surface area (Å²) in [4.78, 5) is 6.38. The van der Waals surface area contributed by atoms with E-state index in [0.29, 0.717) is 0 Å². The molecule has 1 aromatic rings. The van der Waals surface area contributed by atoms with E-state index in [0.717, 1.165) is 36.5 Å². The van der Waals surface area contributed by atoms with Gasteiger partial charge in [0.25, 0.3) is 0 Å². The van der Waals surface area contributed by atoms with Crippen LogP contribution in [0.1, 0.15) is 6.42 Å². The Balaban J connectivity index is 2.20. The van der Waals surface area contributed by atoms with Crippen LogP contribution in [0.2, 0.25) is 0 Å². The quantitative estimate of drug-likeness (QED) is 0.787. The maximum atomic E-state index is 4.21. The molecular formula is C8H11BrN4. The van der Waals surface area contributed by atoms with E-state index >= 15 is 0 Å². The molecule has 4 nitrogen and oxygen atoms in total. The Bertz CT molecular complexity index is 320. The van der Waals surface area contributed by atoms with Gasteiger partial charge < -0.3 is 4.90 Å². The molecule has 2 rings (SSSR count). The van der Waals surface area contributed by atoms with Crippen LogP contribution in [0.25, 0.3) is 0 Å². The standard InChI is InChI=1S/C8H11BrN4/c1-7(9)5-12-3-2-4-13-8(12)10-6-11-13/h6H,1-5H2. The predicted octanol–water partition coefficient (Wildman–Crippen LogP) is 1.40. The second-order valence-corrected chi connectivity index (χ2v) is 4.20. The van der Waals surface area contributed by atoms with Crippen molar-refractivity contribution in [2.45, 2.75) is 13.0 Å². The number of anilines is 1. The normalized spacial score (nSPS) is 15.6. The zero-order valence-corrected chi connectivity index (χ0v) is 8.87. The first kappa shape index (κ1) is 8.74. The lowest BCUT2D eigenvalue weighted by molar-refractivity contribution is 0.522. The number of halogens is 1. The van der Waals surface area contributed by atoms with Crippen molar-refractivity contribution in [3.63, 3.8) is 0 Å². The molecule has 0 saturated carbocycles. The van der Waals surface area contributed by atoms with Crippen LogP contribution >= 0.6 is 15.9 Å². The van der Waals surface area contributed by atoms with Gasteiger partial charge in [0.05, 0.1) is 6.54 Å². The fourth-order valence-electron chi connectivity index (χ4n) is 1.53. The molecule has 1 aromatic heterocycles. The molecular weight excluding hydrogens is 232 g/mol. The summed E-state index contributed by atoms with van der Waals surface area (Å²) in [6.07, 6.45) is 2.72. The van der Waals surface area contributed by atoms with Crippen LogP contribution in [-0.2, 0) is 6.54 Å². The van der Waals surface area contributed by atoms with Gasteiger partial charge in [-0.15, -0.1) is 0 Å². The van der Waals surface area contributed by atoms with Crippen LogP contribution in [0.5, 0.6) is 0 Å². The van der Waals surface area contributed by atoms with Gasteiger partial charge in [0, 0.05) is 17.6 Å². The zero-order valence-electron chi connectivity index (χ0n) is 7.28. The molecule has 13 heavy (non-hydrogen) atoms. The number of aromatic nitrogens is 3. The highest BCUT2D eigenvalue weighted by molar-refractivity contribution is 9.11. The van der Waals surface area contributed by atoms with Crippen molar-refractivity contribution in [3.8, 4) is 0 Å². The van der Waals surface area contributed by atoms with Gasteiger partial charge in [0.15, 0.2) is 0 Å². The lowest BCUT2D eigenvalue weighted by Crippen LogP contribution is -2.33. The molecule has 0 radical (unpaired) electrons. The average Bonchev–Trinajstić information content (AvgIpc) is 2.51. The van der Waals surface area contributed by atoms with E-state index in [1.807, 2.05) is 4.68 Å². The highest BCUT2D eigenvalue weighted by atomic mass is 79.9. The summed E-state index contributed by atoms with van der Waals surface area (Å²) in [5.74, 6) is 0.951. The van der Waals surface area contributed by atoms with Crippen molar-refractivity contribution < 1.29 is 0 Å². The Hall–Kier alpha value is -0.840. The molecule has 1 aliphatic heterocycles. The largest absolute Gasteiger partial charge is 0.336 e. The summed E-state index contributed by atoms with van der Waals surface area (Å²) in [6.45, 7) is 6.63. The Morgan fingerprint density at radius 3 is 3.23 bits per heavy atom. The molecule has 0 atom stereocenters. The number of fused-ring (bicyclic) bond motifs is 1. The van der Waals surface area contributed by atoms with E-state index in [2.05, 4.69) is 37.5 Å². The lowest BCUT2D eigenvalue weighted by Gasteiger charge is -2.27. The minimum atomic E-state index is 0.804. The molecule has 5 heteroatoms. The maximum absolute atomic E-state index is 4.21. The van der Waals surface area contributed by atoms with Crippen LogP contribution < -0.4 is 4.90 Å². The minimum absolute atomic E-state index is 0.804. The number of hydrogen-bond acceptors (Lipinski definition) is 3. The van der Waals surface area contributed by atoms with E-state index in [1.165, 1.54) is 0 Å². The van der Waals surface area contributed by atoms with Crippen LogP contribution in [0.15, 0.2) is 17.4 Å². The van der Waals surface area contributed by atoms with E-state index in [9.17, 15) is 0 Å². The van der Waals surface area contributed by atoms with Crippen LogP contribution in [0, 0.1) is 0 Å². The first-order chi connectivity index (χ1) is 6.27. The highest BCUT2D eigenvalue weighted by Gasteiger charge is 2.18. The summed E-state index contributed by atoms with van der Waals surface area (Å²) in [7, 11) is 0. The molecule has 0 fully saturated rings. The second-order valence-electron chi connectivity index (χ2n) is 3.08. The first-order valence-corrected chi connectivity index (χ1v) is 5.02. The predicted molar refractivity (Wildman–Crippen MR) is 54.9 cm³/mol. The lowest BCUT2D eigenvalue weighted by atomic mass is 10.3. The summed E-state index contributed by atoms with van der Waals surface area (Å²) in [6, 6.07) is 0. The molecule has 0 aliphatic carbocycles. The minimum Gasteiger partial charge on any atom is -0.336 e. The molecule has 0 bridgehead atoms. The third kappa shape index (κ3) is 1.75. The Kier molecular flexibility index (Phi) is 2.35. The van der Waals surface area contributed by atoms with Gasteiger partial charge in [-0.25, -0.2) is 4.68 Å². The summed E-state index contributed by atoms with van der Waals surface area (Å²) >= 11 is 3.36. The molecule has 0 aromatic carbocycles. The summed E-state index contributed by atoms with van der Waals surface area (Å²) in [5.41, 5.74) is 0. The molecule has 2 heterocycles. The van der Waals surface area contributed by atoms with Crippen LogP contribution in [0.4, 0.5) is 5.95 Å². The van der Waals surface area contributed by atoms with Gasteiger partial charge in [-0.2, -0.15) is 10.1 Å². The third-order valence-electron chi connectivity index (χ3n) is 2.04. The van der Waals surface area contributed by atoms with Crippen molar-refractivity contribution in [2.75, 3.05) is 18.0 Å². The van der Waals surface area contributed by atoms with Gasteiger partial charge in [0.1, 0.15) is 6.33 Å². The first-order valence-electron chi connectivity index (χ1n) is 4.23. The Morgan fingerprint density at radius 1 is 1.62 bits per heavy atom. The van der Waals surface area contributed by atoms with E-state index in [1.54, 1.807) is 6.33 Å². The van der Waals surface area contributed by atoms with Gasteiger partial charge in [-0.05, 0) is 6.42 Å². The van der Waals surface area contributed by atoms with Gasteiger partial charge >= 0.3 is 0 Å². The monoisotopic (exact) mass is 242 g/mol. The Labute approximate surface area is 85.4 Å². The molecule has 70 valence electrons. The number of nitrogens with zero attached hydrogens (tertiary/aromatic N) is 4. The van der Waals surface area contributed by atoms with E-state index in [4.69, 9.17) is 0 Å². The third-order valence-corrected chi connectivity index (χ3v) is 2.29. The molecule has 1 aliphatic rings. The van der Waals surface area contributed by atoms with Gasteiger partial charge in [-0.1, -0.05) is 22.5 Å². The fourth-order valence-corrected chi connectivity index (χ4v) is 1.83. The highest BCUT2D eigenvalue weighted by Crippen LogP contribution is 2.18. The number of rotatable bonds is 2.